The average molecular weight is 232 g/mol. The van der Waals surface area contributed by atoms with Gasteiger partial charge in [0.1, 0.15) is 17.0 Å². The van der Waals surface area contributed by atoms with E-state index < -0.39 is 0 Å². The summed E-state index contributed by atoms with van der Waals surface area (Å²) in [6.45, 7) is 0.578. The molecule has 82 valence electrons. The van der Waals surface area contributed by atoms with Crippen molar-refractivity contribution in [2.75, 3.05) is 0 Å². The van der Waals surface area contributed by atoms with E-state index in [2.05, 4.69) is 15.0 Å². The molecule has 16 heavy (non-hydrogen) atoms. The zero-order valence-electron chi connectivity index (χ0n) is 8.76. The topological polar surface area (TPSA) is 64.7 Å². The second-order valence-corrected chi connectivity index (χ2v) is 4.98. The highest BCUT2D eigenvalue weighted by Gasteiger charge is 2.29. The van der Waals surface area contributed by atoms with E-state index >= 15 is 0 Å². The van der Waals surface area contributed by atoms with Gasteiger partial charge in [-0.1, -0.05) is 0 Å². The highest BCUT2D eigenvalue weighted by molar-refractivity contribution is 7.15. The van der Waals surface area contributed by atoms with Gasteiger partial charge in [-0.25, -0.2) is 15.0 Å². The van der Waals surface area contributed by atoms with Crippen LogP contribution in [0, 0.1) is 0 Å². The summed E-state index contributed by atoms with van der Waals surface area (Å²) in [5, 5.41) is 0.963. The Labute approximate surface area is 97.6 Å². The van der Waals surface area contributed by atoms with Crippen LogP contribution >= 0.6 is 11.3 Å². The van der Waals surface area contributed by atoms with Gasteiger partial charge < -0.3 is 5.73 Å². The second-order valence-electron chi connectivity index (χ2n) is 3.90. The third-order valence-electron chi connectivity index (χ3n) is 2.68. The summed E-state index contributed by atoms with van der Waals surface area (Å²) < 4.78 is 0. The molecule has 2 aromatic heterocycles. The summed E-state index contributed by atoms with van der Waals surface area (Å²) in [7, 11) is 0. The van der Waals surface area contributed by atoms with Gasteiger partial charge in [-0.05, 0) is 18.9 Å². The van der Waals surface area contributed by atoms with Gasteiger partial charge in [0.2, 0.25) is 0 Å². The quantitative estimate of drug-likeness (QED) is 0.878. The Kier molecular flexibility index (Phi) is 2.41. The Hall–Kier alpha value is -1.33. The number of hydrogen-bond donors (Lipinski definition) is 1. The Morgan fingerprint density at radius 1 is 1.44 bits per heavy atom. The third-order valence-corrected chi connectivity index (χ3v) is 3.79. The maximum absolute atomic E-state index is 5.75. The highest BCUT2D eigenvalue weighted by atomic mass is 32.1. The van der Waals surface area contributed by atoms with Crippen LogP contribution in [0.4, 0.5) is 0 Å². The van der Waals surface area contributed by atoms with E-state index in [0.717, 1.165) is 10.7 Å². The van der Waals surface area contributed by atoms with Gasteiger partial charge in [-0.15, -0.1) is 11.3 Å². The van der Waals surface area contributed by atoms with Gasteiger partial charge >= 0.3 is 0 Å². The van der Waals surface area contributed by atoms with E-state index in [0.29, 0.717) is 12.5 Å². The van der Waals surface area contributed by atoms with E-state index in [4.69, 9.17) is 5.73 Å². The first-order chi connectivity index (χ1) is 7.88. The molecule has 1 saturated carbocycles. The molecule has 0 spiro atoms. The summed E-state index contributed by atoms with van der Waals surface area (Å²) in [4.78, 5) is 14.0. The first-order valence-electron chi connectivity index (χ1n) is 5.34. The molecule has 0 unspecified atom stereocenters. The molecule has 4 nitrogen and oxygen atoms in total. The van der Waals surface area contributed by atoms with Gasteiger partial charge in [0, 0.05) is 23.5 Å². The molecule has 0 amide bonds. The SMILES string of the molecule is NCc1sc(-c2ccncn2)nc1C1CC1. The molecule has 0 aromatic carbocycles. The molecule has 0 radical (unpaired) electrons. The van der Waals surface area contributed by atoms with Gasteiger partial charge in [0.25, 0.3) is 0 Å². The number of aromatic nitrogens is 3. The van der Waals surface area contributed by atoms with Gasteiger partial charge in [-0.3, -0.25) is 0 Å². The van der Waals surface area contributed by atoms with Crippen molar-refractivity contribution in [1.82, 2.24) is 15.0 Å². The van der Waals surface area contributed by atoms with Gasteiger partial charge in [0.05, 0.1) is 5.69 Å². The largest absolute Gasteiger partial charge is 0.326 e. The molecule has 0 bridgehead atoms. The van der Waals surface area contributed by atoms with Crippen LogP contribution in [-0.4, -0.2) is 15.0 Å². The molecule has 0 aliphatic heterocycles. The number of nitrogens with two attached hydrogens (primary N) is 1. The molecule has 1 aliphatic rings. The van der Waals surface area contributed by atoms with E-state index in [-0.39, 0.29) is 0 Å². The zero-order chi connectivity index (χ0) is 11.0. The van der Waals surface area contributed by atoms with Crippen LogP contribution in [0.15, 0.2) is 18.6 Å². The summed E-state index contributed by atoms with van der Waals surface area (Å²) in [5.74, 6) is 0.644. The third kappa shape index (κ3) is 1.72. The number of thiazole rings is 1. The summed E-state index contributed by atoms with van der Waals surface area (Å²) in [5.41, 5.74) is 7.83. The monoisotopic (exact) mass is 232 g/mol. The van der Waals surface area contributed by atoms with Crippen molar-refractivity contribution in [3.8, 4) is 10.7 Å². The maximum Gasteiger partial charge on any atom is 0.142 e. The zero-order valence-corrected chi connectivity index (χ0v) is 9.57. The first kappa shape index (κ1) is 9.86. The molecule has 1 fully saturated rings. The minimum absolute atomic E-state index is 0.578. The number of hydrogen-bond acceptors (Lipinski definition) is 5. The summed E-state index contributed by atoms with van der Waals surface area (Å²) in [6, 6.07) is 1.88. The molecule has 2 heterocycles. The van der Waals surface area contributed by atoms with Crippen LogP contribution in [0.3, 0.4) is 0 Å². The lowest BCUT2D eigenvalue weighted by molar-refractivity contribution is 0.978. The summed E-state index contributed by atoms with van der Waals surface area (Å²) >= 11 is 1.65. The van der Waals surface area contributed by atoms with E-state index in [1.54, 1.807) is 23.9 Å². The number of rotatable bonds is 3. The Morgan fingerprint density at radius 3 is 2.94 bits per heavy atom. The van der Waals surface area contributed by atoms with Crippen molar-refractivity contribution in [2.45, 2.75) is 25.3 Å². The lowest BCUT2D eigenvalue weighted by Gasteiger charge is -1.93. The average Bonchev–Trinajstić information content (AvgIpc) is 3.10. The normalized spacial score (nSPS) is 15.3. The lowest BCUT2D eigenvalue weighted by Crippen LogP contribution is -1.96. The predicted octanol–water partition coefficient (Wildman–Crippen LogP) is 1.94. The van der Waals surface area contributed by atoms with Crippen LogP contribution in [0.5, 0.6) is 0 Å². The van der Waals surface area contributed by atoms with E-state index in [1.807, 2.05) is 6.07 Å². The fourth-order valence-electron chi connectivity index (χ4n) is 1.71. The lowest BCUT2D eigenvalue weighted by atomic mass is 10.2. The van der Waals surface area contributed by atoms with Crippen molar-refractivity contribution in [2.24, 2.45) is 5.73 Å². The number of nitrogens with zero attached hydrogens (tertiary/aromatic N) is 3. The fraction of sp³-hybridized carbons (Fsp3) is 0.364. The van der Waals surface area contributed by atoms with Gasteiger partial charge in [-0.2, -0.15) is 0 Å². The van der Waals surface area contributed by atoms with Crippen LogP contribution in [0.25, 0.3) is 10.7 Å². The molecule has 3 rings (SSSR count). The van der Waals surface area contributed by atoms with E-state index in [1.165, 1.54) is 23.4 Å². The Bertz CT molecular complexity index is 490. The predicted molar refractivity (Wildman–Crippen MR) is 63.0 cm³/mol. The van der Waals surface area contributed by atoms with E-state index in [9.17, 15) is 0 Å². The molecular formula is C11H12N4S. The molecule has 0 atom stereocenters. The molecule has 2 N–H and O–H groups in total. The van der Waals surface area contributed by atoms with Crippen LogP contribution < -0.4 is 5.73 Å². The maximum atomic E-state index is 5.75. The smallest absolute Gasteiger partial charge is 0.142 e. The van der Waals surface area contributed by atoms with Crippen molar-refractivity contribution >= 4 is 11.3 Å². The van der Waals surface area contributed by atoms with Crippen LogP contribution in [0.1, 0.15) is 29.3 Å². The Balaban J connectivity index is 2.02. The van der Waals surface area contributed by atoms with Crippen molar-refractivity contribution in [3.63, 3.8) is 0 Å². The highest BCUT2D eigenvalue weighted by Crippen LogP contribution is 2.43. The molecule has 5 heteroatoms. The molecular weight excluding hydrogens is 220 g/mol. The minimum atomic E-state index is 0.578. The van der Waals surface area contributed by atoms with Crippen molar-refractivity contribution < 1.29 is 0 Å². The Morgan fingerprint density at radius 2 is 2.31 bits per heavy atom. The molecule has 2 aromatic rings. The van der Waals surface area contributed by atoms with Crippen molar-refractivity contribution in [3.05, 3.63) is 29.2 Å². The molecule has 1 aliphatic carbocycles. The standard InChI is InChI=1S/C11H12N4S/c12-5-9-10(7-1-2-7)15-11(16-9)8-3-4-13-6-14-8/h3-4,6-7H,1-2,5,12H2. The first-order valence-corrected chi connectivity index (χ1v) is 6.16. The fourth-order valence-corrected chi connectivity index (χ4v) is 2.72. The van der Waals surface area contributed by atoms with Gasteiger partial charge in [0.15, 0.2) is 0 Å². The van der Waals surface area contributed by atoms with Crippen LogP contribution in [-0.2, 0) is 6.54 Å². The summed E-state index contributed by atoms with van der Waals surface area (Å²) in [6.07, 6.45) is 5.79. The molecule has 0 saturated heterocycles. The van der Waals surface area contributed by atoms with Crippen molar-refractivity contribution in [1.29, 1.82) is 0 Å². The second kappa shape index (κ2) is 3.92. The van der Waals surface area contributed by atoms with Crippen LogP contribution in [0.2, 0.25) is 0 Å². The minimum Gasteiger partial charge on any atom is -0.326 e.